The van der Waals surface area contributed by atoms with Crippen LogP contribution in [-0.2, 0) is 23.3 Å². The van der Waals surface area contributed by atoms with Crippen molar-refractivity contribution in [3.8, 4) is 0 Å². The van der Waals surface area contributed by atoms with Gasteiger partial charge in [0.25, 0.3) is 0 Å². The van der Waals surface area contributed by atoms with Gasteiger partial charge in [-0.1, -0.05) is 13.8 Å². The summed E-state index contributed by atoms with van der Waals surface area (Å²) in [5.74, 6) is 0. The third-order valence-electron chi connectivity index (χ3n) is 2.67. The van der Waals surface area contributed by atoms with E-state index in [1.54, 1.807) is 18.4 Å². The molecule has 4 heteroatoms. The SMILES string of the molecule is CCNCc1sc(C(C)(C)OC)nc1CC. The number of methoxy groups -OCH3 is 1. The van der Waals surface area contributed by atoms with Crippen LogP contribution in [0, 0.1) is 0 Å². The summed E-state index contributed by atoms with van der Waals surface area (Å²) in [5, 5.41) is 4.42. The van der Waals surface area contributed by atoms with Gasteiger partial charge in [0.05, 0.1) is 5.69 Å². The molecule has 0 atom stereocenters. The Morgan fingerprint density at radius 3 is 2.56 bits per heavy atom. The van der Waals surface area contributed by atoms with Crippen molar-refractivity contribution in [2.45, 2.75) is 46.3 Å². The zero-order valence-corrected chi connectivity index (χ0v) is 11.7. The normalized spacial score (nSPS) is 12.1. The topological polar surface area (TPSA) is 34.1 Å². The lowest BCUT2D eigenvalue weighted by Crippen LogP contribution is -2.19. The molecule has 16 heavy (non-hydrogen) atoms. The van der Waals surface area contributed by atoms with Crippen molar-refractivity contribution in [3.63, 3.8) is 0 Å². The number of thiazole rings is 1. The molecule has 0 spiro atoms. The summed E-state index contributed by atoms with van der Waals surface area (Å²) in [5.41, 5.74) is 0.921. The van der Waals surface area contributed by atoms with Gasteiger partial charge in [0.1, 0.15) is 10.6 Å². The van der Waals surface area contributed by atoms with Crippen molar-refractivity contribution in [1.29, 1.82) is 0 Å². The van der Waals surface area contributed by atoms with Crippen LogP contribution in [-0.4, -0.2) is 18.6 Å². The molecule has 92 valence electrons. The zero-order chi connectivity index (χ0) is 12.2. The summed E-state index contributed by atoms with van der Waals surface area (Å²) in [6.07, 6.45) is 0.983. The highest BCUT2D eigenvalue weighted by Gasteiger charge is 2.25. The van der Waals surface area contributed by atoms with E-state index < -0.39 is 0 Å². The van der Waals surface area contributed by atoms with Crippen molar-refractivity contribution in [3.05, 3.63) is 15.6 Å². The lowest BCUT2D eigenvalue weighted by atomic mass is 10.1. The molecule has 0 fully saturated rings. The molecule has 0 aliphatic heterocycles. The molecule has 0 aliphatic rings. The first-order valence-corrected chi connectivity index (χ1v) is 6.61. The van der Waals surface area contributed by atoms with E-state index in [1.807, 2.05) is 0 Å². The van der Waals surface area contributed by atoms with Gasteiger partial charge in [-0.3, -0.25) is 0 Å². The van der Waals surface area contributed by atoms with Crippen LogP contribution < -0.4 is 5.32 Å². The number of ether oxygens (including phenoxy) is 1. The Morgan fingerprint density at radius 2 is 2.06 bits per heavy atom. The van der Waals surface area contributed by atoms with Crippen LogP contribution >= 0.6 is 11.3 Å². The number of nitrogens with zero attached hydrogens (tertiary/aromatic N) is 1. The second kappa shape index (κ2) is 5.75. The van der Waals surface area contributed by atoms with Crippen LogP contribution in [0.5, 0.6) is 0 Å². The largest absolute Gasteiger partial charge is 0.372 e. The molecule has 1 heterocycles. The van der Waals surface area contributed by atoms with Crippen LogP contribution in [0.1, 0.15) is 43.3 Å². The van der Waals surface area contributed by atoms with Gasteiger partial charge in [0.15, 0.2) is 0 Å². The first-order valence-electron chi connectivity index (χ1n) is 5.80. The third kappa shape index (κ3) is 3.03. The van der Waals surface area contributed by atoms with Gasteiger partial charge in [0, 0.05) is 18.5 Å². The van der Waals surface area contributed by atoms with E-state index in [4.69, 9.17) is 4.74 Å². The van der Waals surface area contributed by atoms with Crippen LogP contribution in [0.2, 0.25) is 0 Å². The number of nitrogens with one attached hydrogen (secondary N) is 1. The van der Waals surface area contributed by atoms with Crippen molar-refractivity contribution in [2.75, 3.05) is 13.7 Å². The minimum Gasteiger partial charge on any atom is -0.372 e. The first kappa shape index (κ1) is 13.6. The predicted octanol–water partition coefficient (Wildman–Crippen LogP) is 2.70. The quantitative estimate of drug-likeness (QED) is 0.833. The van der Waals surface area contributed by atoms with Crippen molar-refractivity contribution >= 4 is 11.3 Å². The fourth-order valence-electron chi connectivity index (χ4n) is 1.38. The summed E-state index contributed by atoms with van der Waals surface area (Å²) in [4.78, 5) is 6.02. The predicted molar refractivity (Wildman–Crippen MR) is 68.9 cm³/mol. The van der Waals surface area contributed by atoms with Gasteiger partial charge in [0.2, 0.25) is 0 Å². The van der Waals surface area contributed by atoms with E-state index in [-0.39, 0.29) is 5.60 Å². The van der Waals surface area contributed by atoms with Gasteiger partial charge in [-0.15, -0.1) is 11.3 Å². The molecule has 1 aromatic rings. The van der Waals surface area contributed by atoms with E-state index in [9.17, 15) is 0 Å². The molecule has 0 amide bonds. The molecular weight excluding hydrogens is 220 g/mol. The van der Waals surface area contributed by atoms with Gasteiger partial charge in [-0.2, -0.15) is 0 Å². The number of rotatable bonds is 6. The van der Waals surface area contributed by atoms with E-state index in [0.29, 0.717) is 0 Å². The highest BCUT2D eigenvalue weighted by Crippen LogP contribution is 2.30. The standard InChI is InChI=1S/C12H22N2OS/c1-6-9-10(8-13-7-2)16-11(14-9)12(3,4)15-5/h13H,6-8H2,1-5H3. The average molecular weight is 242 g/mol. The fourth-order valence-corrected chi connectivity index (χ4v) is 2.58. The molecule has 1 aromatic heterocycles. The van der Waals surface area contributed by atoms with Crippen molar-refractivity contribution < 1.29 is 4.74 Å². The van der Waals surface area contributed by atoms with Gasteiger partial charge >= 0.3 is 0 Å². The average Bonchev–Trinajstić information content (AvgIpc) is 2.70. The number of aromatic nitrogens is 1. The second-order valence-corrected chi connectivity index (χ2v) is 5.32. The minimum atomic E-state index is -0.279. The Labute approximate surface area is 102 Å². The Morgan fingerprint density at radius 1 is 1.38 bits per heavy atom. The van der Waals surface area contributed by atoms with Crippen LogP contribution in [0.4, 0.5) is 0 Å². The lowest BCUT2D eigenvalue weighted by molar-refractivity contribution is 0.0189. The van der Waals surface area contributed by atoms with Gasteiger partial charge < -0.3 is 10.1 Å². The van der Waals surface area contributed by atoms with Crippen LogP contribution in [0.25, 0.3) is 0 Å². The summed E-state index contributed by atoms with van der Waals surface area (Å²) >= 11 is 1.76. The number of aryl methyl sites for hydroxylation is 1. The van der Waals surface area contributed by atoms with Gasteiger partial charge in [-0.05, 0) is 26.8 Å². The van der Waals surface area contributed by atoms with E-state index in [1.165, 1.54) is 10.6 Å². The molecule has 0 unspecified atom stereocenters. The Balaban J connectivity index is 2.93. The lowest BCUT2D eigenvalue weighted by Gasteiger charge is -2.19. The number of hydrogen-bond acceptors (Lipinski definition) is 4. The summed E-state index contributed by atoms with van der Waals surface area (Å²) in [6, 6.07) is 0. The summed E-state index contributed by atoms with van der Waals surface area (Å²) in [7, 11) is 1.73. The third-order valence-corrected chi connectivity index (χ3v) is 4.08. The molecule has 0 aliphatic carbocycles. The maximum absolute atomic E-state index is 5.47. The zero-order valence-electron chi connectivity index (χ0n) is 10.9. The van der Waals surface area contributed by atoms with Crippen molar-refractivity contribution in [2.24, 2.45) is 0 Å². The maximum Gasteiger partial charge on any atom is 0.125 e. The highest BCUT2D eigenvalue weighted by molar-refractivity contribution is 7.11. The Bertz CT molecular complexity index is 334. The molecule has 3 nitrogen and oxygen atoms in total. The van der Waals surface area contributed by atoms with E-state index >= 15 is 0 Å². The van der Waals surface area contributed by atoms with Gasteiger partial charge in [-0.25, -0.2) is 4.98 Å². The fraction of sp³-hybridized carbons (Fsp3) is 0.750. The molecule has 1 rings (SSSR count). The monoisotopic (exact) mass is 242 g/mol. The van der Waals surface area contributed by atoms with E-state index in [0.717, 1.165) is 24.5 Å². The minimum absolute atomic E-state index is 0.279. The smallest absolute Gasteiger partial charge is 0.125 e. The second-order valence-electron chi connectivity index (χ2n) is 4.24. The highest BCUT2D eigenvalue weighted by atomic mass is 32.1. The van der Waals surface area contributed by atoms with Crippen LogP contribution in [0.15, 0.2) is 0 Å². The molecular formula is C12H22N2OS. The first-order chi connectivity index (χ1) is 7.55. The maximum atomic E-state index is 5.47. The molecule has 1 N–H and O–H groups in total. The molecule has 0 bridgehead atoms. The Kier molecular flexibility index (Phi) is 4.89. The van der Waals surface area contributed by atoms with E-state index in [2.05, 4.69) is 38.0 Å². The molecule has 0 saturated heterocycles. The number of hydrogen-bond donors (Lipinski definition) is 1. The summed E-state index contributed by atoms with van der Waals surface area (Å²) < 4.78 is 5.47. The van der Waals surface area contributed by atoms with Crippen molar-refractivity contribution in [1.82, 2.24) is 10.3 Å². The molecule has 0 aromatic carbocycles. The van der Waals surface area contributed by atoms with Crippen LogP contribution in [0.3, 0.4) is 0 Å². The summed E-state index contributed by atoms with van der Waals surface area (Å²) in [6.45, 7) is 10.3. The molecule has 0 saturated carbocycles. The molecule has 0 radical (unpaired) electrons. The Hall–Kier alpha value is -0.450.